The first-order valence-electron chi connectivity index (χ1n) is 12.1. The number of thiazole rings is 1. The van der Waals surface area contributed by atoms with Gasteiger partial charge in [-0.05, 0) is 55.4 Å². The van der Waals surface area contributed by atoms with Crippen LogP contribution in [0.4, 0.5) is 0 Å². The number of carbonyl (C=O) groups excluding carboxylic acids is 1. The second kappa shape index (κ2) is 8.87. The second-order valence-corrected chi connectivity index (χ2v) is 10.5. The molecule has 6 rings (SSSR count). The predicted octanol–water partition coefficient (Wildman–Crippen LogP) is 4.28. The standard InChI is InChI=1S/C27H28N4O2S/c32-26(22-10-9-19-5-1-2-6-21(19)17-22)29-14-11-20(12-15-29)25-28-13-16-30(25)18-31-23-7-3-4-8-24(23)34-27(31)33/h1-8,13,16,20,22H,9-12,14-15,17-18H2. The highest BCUT2D eigenvalue weighted by Gasteiger charge is 2.32. The molecule has 7 heteroatoms. The van der Waals surface area contributed by atoms with Crippen LogP contribution in [0.1, 0.15) is 42.1 Å². The maximum atomic E-state index is 13.3. The zero-order valence-electron chi connectivity index (χ0n) is 19.1. The average molecular weight is 473 g/mol. The van der Waals surface area contributed by atoms with Crippen LogP contribution in [0.5, 0.6) is 0 Å². The molecule has 4 aromatic rings. The molecule has 1 aliphatic carbocycles. The molecule has 1 atom stereocenters. The number of para-hydroxylation sites is 1. The van der Waals surface area contributed by atoms with E-state index in [2.05, 4.69) is 38.7 Å². The van der Waals surface area contributed by atoms with Crippen molar-refractivity contribution < 1.29 is 4.79 Å². The maximum absolute atomic E-state index is 13.3. The molecule has 0 saturated carbocycles. The summed E-state index contributed by atoms with van der Waals surface area (Å²) in [5.41, 5.74) is 3.70. The van der Waals surface area contributed by atoms with Crippen LogP contribution in [-0.2, 0) is 24.3 Å². The van der Waals surface area contributed by atoms with Gasteiger partial charge in [0.1, 0.15) is 12.5 Å². The summed E-state index contributed by atoms with van der Waals surface area (Å²) < 4.78 is 4.93. The van der Waals surface area contributed by atoms with Gasteiger partial charge in [0, 0.05) is 37.3 Å². The molecule has 6 nitrogen and oxygen atoms in total. The Morgan fingerprint density at radius 1 is 1.00 bits per heavy atom. The minimum absolute atomic E-state index is 0.0512. The number of aromatic nitrogens is 3. The Morgan fingerprint density at radius 2 is 1.76 bits per heavy atom. The molecule has 3 heterocycles. The van der Waals surface area contributed by atoms with Crippen molar-refractivity contribution in [1.82, 2.24) is 19.0 Å². The molecule has 2 aromatic heterocycles. The molecule has 0 N–H and O–H groups in total. The molecule has 0 spiro atoms. The normalized spacial score (nSPS) is 18.8. The first-order valence-corrected chi connectivity index (χ1v) is 12.9. The lowest BCUT2D eigenvalue weighted by molar-refractivity contribution is -0.137. The molecule has 1 aliphatic heterocycles. The van der Waals surface area contributed by atoms with Crippen molar-refractivity contribution in [3.8, 4) is 0 Å². The summed E-state index contributed by atoms with van der Waals surface area (Å²) in [5.74, 6) is 1.73. The van der Waals surface area contributed by atoms with Crippen molar-refractivity contribution >= 4 is 27.5 Å². The first kappa shape index (κ1) is 21.4. The summed E-state index contributed by atoms with van der Waals surface area (Å²) in [6.45, 7) is 2.02. The Balaban J connectivity index is 1.13. The molecular weight excluding hydrogens is 444 g/mol. The fourth-order valence-electron chi connectivity index (χ4n) is 5.63. The number of fused-ring (bicyclic) bond motifs is 2. The Morgan fingerprint density at radius 3 is 2.62 bits per heavy atom. The molecule has 174 valence electrons. The lowest BCUT2D eigenvalue weighted by atomic mass is 9.82. The van der Waals surface area contributed by atoms with Crippen molar-refractivity contribution in [2.75, 3.05) is 13.1 Å². The van der Waals surface area contributed by atoms with Crippen LogP contribution >= 0.6 is 11.3 Å². The van der Waals surface area contributed by atoms with E-state index in [1.807, 2.05) is 41.2 Å². The van der Waals surface area contributed by atoms with E-state index in [1.54, 1.807) is 0 Å². The van der Waals surface area contributed by atoms with Crippen molar-refractivity contribution in [1.29, 1.82) is 0 Å². The van der Waals surface area contributed by atoms with Crippen molar-refractivity contribution in [2.45, 2.75) is 44.7 Å². The van der Waals surface area contributed by atoms with Gasteiger partial charge >= 0.3 is 4.87 Å². The molecule has 1 saturated heterocycles. The van der Waals surface area contributed by atoms with Crippen LogP contribution in [0.15, 0.2) is 65.7 Å². The SMILES string of the molecule is O=C(C1CCc2ccccc2C1)N1CCC(c2nccn2Cn2c(=O)sc3ccccc32)CC1. The van der Waals surface area contributed by atoms with E-state index in [-0.39, 0.29) is 10.8 Å². The van der Waals surface area contributed by atoms with Gasteiger partial charge in [0.25, 0.3) is 0 Å². The maximum Gasteiger partial charge on any atom is 0.309 e. The number of hydrogen-bond acceptors (Lipinski definition) is 4. The number of piperidine rings is 1. The van der Waals surface area contributed by atoms with Crippen molar-refractivity contribution in [3.63, 3.8) is 0 Å². The minimum Gasteiger partial charge on any atom is -0.342 e. The van der Waals surface area contributed by atoms with Gasteiger partial charge in [0.05, 0.1) is 10.2 Å². The second-order valence-electron chi connectivity index (χ2n) is 9.47. The zero-order chi connectivity index (χ0) is 23.1. The van der Waals surface area contributed by atoms with Gasteiger partial charge < -0.3 is 9.47 Å². The summed E-state index contributed by atoms with van der Waals surface area (Å²) in [6, 6.07) is 16.4. The van der Waals surface area contributed by atoms with E-state index in [0.29, 0.717) is 18.5 Å². The van der Waals surface area contributed by atoms with Crippen LogP contribution in [0.25, 0.3) is 10.2 Å². The third kappa shape index (κ3) is 3.88. The fraction of sp³-hybridized carbons (Fsp3) is 0.370. The molecule has 34 heavy (non-hydrogen) atoms. The number of nitrogens with zero attached hydrogens (tertiary/aromatic N) is 4. The van der Waals surface area contributed by atoms with Gasteiger partial charge in [-0.15, -0.1) is 0 Å². The third-order valence-corrected chi connectivity index (χ3v) is 8.44. The van der Waals surface area contributed by atoms with E-state index in [0.717, 1.165) is 61.2 Å². The van der Waals surface area contributed by atoms with E-state index in [9.17, 15) is 9.59 Å². The number of amides is 1. The number of benzene rings is 2. The molecular formula is C27H28N4O2S. The lowest BCUT2D eigenvalue weighted by Crippen LogP contribution is -2.43. The summed E-state index contributed by atoms with van der Waals surface area (Å²) in [4.78, 5) is 32.6. The molecule has 2 aliphatic rings. The highest BCUT2D eigenvalue weighted by Crippen LogP contribution is 2.31. The predicted molar refractivity (Wildman–Crippen MR) is 134 cm³/mol. The van der Waals surface area contributed by atoms with Gasteiger partial charge in [-0.3, -0.25) is 14.2 Å². The van der Waals surface area contributed by atoms with Gasteiger partial charge in [0.2, 0.25) is 5.91 Å². The van der Waals surface area contributed by atoms with Crippen LogP contribution in [0.3, 0.4) is 0 Å². The minimum atomic E-state index is 0.0512. The van der Waals surface area contributed by atoms with Crippen molar-refractivity contribution in [3.05, 3.63) is 87.5 Å². The molecule has 1 unspecified atom stereocenters. The summed E-state index contributed by atoms with van der Waals surface area (Å²) >= 11 is 1.28. The monoisotopic (exact) mass is 472 g/mol. The van der Waals surface area contributed by atoms with E-state index in [1.165, 1.54) is 22.5 Å². The number of imidazole rings is 1. The average Bonchev–Trinajstić information content (AvgIpc) is 3.47. The Bertz CT molecular complexity index is 1390. The topological polar surface area (TPSA) is 60.1 Å². The number of carbonyl (C=O) groups is 1. The number of hydrogen-bond donors (Lipinski definition) is 0. The quantitative estimate of drug-likeness (QED) is 0.446. The number of rotatable bonds is 4. The summed E-state index contributed by atoms with van der Waals surface area (Å²) in [5, 5.41) is 0. The largest absolute Gasteiger partial charge is 0.342 e. The Kier molecular flexibility index (Phi) is 5.57. The van der Waals surface area contributed by atoms with Crippen LogP contribution in [-0.4, -0.2) is 38.0 Å². The van der Waals surface area contributed by atoms with E-state index < -0.39 is 0 Å². The number of aryl methyl sites for hydroxylation is 1. The Labute approximate surface area is 202 Å². The molecule has 2 aromatic carbocycles. The van der Waals surface area contributed by atoms with Crippen molar-refractivity contribution in [2.24, 2.45) is 5.92 Å². The smallest absolute Gasteiger partial charge is 0.309 e. The van der Waals surface area contributed by atoms with Gasteiger partial charge in [-0.25, -0.2) is 4.98 Å². The summed E-state index contributed by atoms with van der Waals surface area (Å²) in [7, 11) is 0. The molecule has 1 fully saturated rings. The fourth-order valence-corrected chi connectivity index (χ4v) is 6.51. The van der Waals surface area contributed by atoms with Gasteiger partial charge in [-0.2, -0.15) is 0 Å². The van der Waals surface area contributed by atoms with Gasteiger partial charge in [0.15, 0.2) is 0 Å². The van der Waals surface area contributed by atoms with Crippen LogP contribution < -0.4 is 4.87 Å². The van der Waals surface area contributed by atoms with Crippen LogP contribution in [0, 0.1) is 5.92 Å². The summed E-state index contributed by atoms with van der Waals surface area (Å²) in [6.07, 6.45) is 8.41. The van der Waals surface area contributed by atoms with E-state index in [4.69, 9.17) is 0 Å². The van der Waals surface area contributed by atoms with E-state index >= 15 is 0 Å². The zero-order valence-corrected chi connectivity index (χ0v) is 19.9. The third-order valence-electron chi connectivity index (χ3n) is 7.48. The van der Waals surface area contributed by atoms with Gasteiger partial charge in [-0.1, -0.05) is 47.7 Å². The highest BCUT2D eigenvalue weighted by atomic mass is 32.1. The lowest BCUT2D eigenvalue weighted by Gasteiger charge is -2.35. The molecule has 1 amide bonds. The Hall–Kier alpha value is -3.19. The highest BCUT2D eigenvalue weighted by molar-refractivity contribution is 7.16. The van der Waals surface area contributed by atoms with Crippen LogP contribution in [0.2, 0.25) is 0 Å². The number of likely N-dealkylation sites (tertiary alicyclic amines) is 1. The molecule has 0 bridgehead atoms. The first-order chi connectivity index (χ1) is 16.7. The molecule has 0 radical (unpaired) electrons.